The van der Waals surface area contributed by atoms with E-state index < -0.39 is 18.7 Å². The van der Waals surface area contributed by atoms with Crippen LogP contribution in [0.2, 0.25) is 0 Å². The molecular weight excluding hydrogens is 251 g/mol. The lowest BCUT2D eigenvalue weighted by atomic mass is 10.2. The number of rotatable bonds is 6. The topological polar surface area (TPSA) is 58.6 Å². The van der Waals surface area contributed by atoms with Gasteiger partial charge in [0.1, 0.15) is 12.4 Å². The lowest BCUT2D eigenvalue weighted by Crippen LogP contribution is -2.31. The highest BCUT2D eigenvalue weighted by Crippen LogP contribution is 2.13. The average molecular weight is 263 g/mol. The molecule has 0 aromatic heterocycles. The standard InChI is InChI=1S/C11H12F3NO3/c12-11(13,14)7-15-5-6-18-9-3-1-8(2-4-9)10(16)17/h1-4,15H,5-7H2,(H,16,17). The predicted octanol–water partition coefficient (Wildman–Crippen LogP) is 1.92. The van der Waals surface area contributed by atoms with Crippen LogP contribution in [-0.4, -0.2) is 36.9 Å². The Balaban J connectivity index is 2.25. The van der Waals surface area contributed by atoms with Gasteiger partial charge in [0, 0.05) is 6.54 Å². The van der Waals surface area contributed by atoms with Crippen molar-refractivity contribution in [2.24, 2.45) is 0 Å². The van der Waals surface area contributed by atoms with Crippen LogP contribution in [0.25, 0.3) is 0 Å². The van der Waals surface area contributed by atoms with E-state index in [2.05, 4.69) is 5.32 Å². The number of aromatic carboxylic acids is 1. The lowest BCUT2D eigenvalue weighted by molar-refractivity contribution is -0.124. The summed E-state index contributed by atoms with van der Waals surface area (Å²) in [5.41, 5.74) is 0.123. The number of carboxylic acid groups (broad SMARTS) is 1. The van der Waals surface area contributed by atoms with Gasteiger partial charge in [0.15, 0.2) is 0 Å². The fraction of sp³-hybridized carbons (Fsp3) is 0.364. The van der Waals surface area contributed by atoms with E-state index in [1.54, 1.807) is 0 Å². The molecule has 1 aromatic rings. The second-order valence-electron chi connectivity index (χ2n) is 3.47. The molecular formula is C11H12F3NO3. The monoisotopic (exact) mass is 263 g/mol. The van der Waals surface area contributed by atoms with E-state index in [9.17, 15) is 18.0 Å². The van der Waals surface area contributed by atoms with Gasteiger partial charge >= 0.3 is 12.1 Å². The minimum atomic E-state index is -4.23. The van der Waals surface area contributed by atoms with E-state index in [1.807, 2.05) is 0 Å². The molecule has 0 aliphatic heterocycles. The maximum atomic E-state index is 11.8. The highest BCUT2D eigenvalue weighted by atomic mass is 19.4. The zero-order valence-corrected chi connectivity index (χ0v) is 9.33. The summed E-state index contributed by atoms with van der Waals surface area (Å²) in [5, 5.41) is 10.8. The van der Waals surface area contributed by atoms with Crippen LogP contribution in [0.5, 0.6) is 5.75 Å². The molecule has 1 rings (SSSR count). The number of nitrogens with one attached hydrogen (secondary N) is 1. The Morgan fingerprint density at radius 1 is 1.28 bits per heavy atom. The van der Waals surface area contributed by atoms with E-state index in [0.717, 1.165) is 0 Å². The minimum absolute atomic E-state index is 0.0557. The van der Waals surface area contributed by atoms with Crippen molar-refractivity contribution in [2.45, 2.75) is 6.18 Å². The molecule has 1 aromatic carbocycles. The first kappa shape index (κ1) is 14.3. The molecule has 7 heteroatoms. The number of ether oxygens (including phenoxy) is 1. The number of hydrogen-bond acceptors (Lipinski definition) is 3. The van der Waals surface area contributed by atoms with Gasteiger partial charge in [-0.3, -0.25) is 0 Å². The third kappa shape index (κ3) is 5.53. The Hall–Kier alpha value is -1.76. The summed E-state index contributed by atoms with van der Waals surface area (Å²) in [6.07, 6.45) is -4.23. The summed E-state index contributed by atoms with van der Waals surface area (Å²) >= 11 is 0. The van der Waals surface area contributed by atoms with E-state index in [0.29, 0.717) is 5.75 Å². The molecule has 0 amide bonds. The summed E-state index contributed by atoms with van der Waals surface area (Å²) in [5.74, 6) is -0.637. The largest absolute Gasteiger partial charge is 0.492 e. The number of halogens is 3. The first-order valence-corrected chi connectivity index (χ1v) is 5.12. The van der Waals surface area contributed by atoms with E-state index in [1.165, 1.54) is 24.3 Å². The molecule has 0 saturated heterocycles. The molecule has 0 aliphatic carbocycles. The van der Waals surface area contributed by atoms with Gasteiger partial charge in [0.25, 0.3) is 0 Å². The van der Waals surface area contributed by atoms with Crippen LogP contribution in [0.1, 0.15) is 10.4 Å². The first-order valence-electron chi connectivity index (χ1n) is 5.12. The van der Waals surface area contributed by atoms with Crippen molar-refractivity contribution in [1.29, 1.82) is 0 Å². The Labute approximate surface area is 101 Å². The maximum absolute atomic E-state index is 11.8. The minimum Gasteiger partial charge on any atom is -0.492 e. The summed E-state index contributed by atoms with van der Waals surface area (Å²) < 4.78 is 40.4. The summed E-state index contributed by atoms with van der Waals surface area (Å²) in [4.78, 5) is 10.5. The van der Waals surface area contributed by atoms with Crippen LogP contribution >= 0.6 is 0 Å². The van der Waals surface area contributed by atoms with E-state index >= 15 is 0 Å². The Kier molecular flexibility index (Phi) is 4.96. The Bertz CT molecular complexity index is 390. The van der Waals surface area contributed by atoms with Gasteiger partial charge < -0.3 is 15.2 Å². The molecule has 0 unspecified atom stereocenters. The van der Waals surface area contributed by atoms with Gasteiger partial charge in [-0.15, -0.1) is 0 Å². The number of benzene rings is 1. The molecule has 0 aliphatic rings. The third-order valence-corrected chi connectivity index (χ3v) is 1.97. The number of alkyl halides is 3. The van der Waals surface area contributed by atoms with Crippen molar-refractivity contribution in [2.75, 3.05) is 19.7 Å². The Morgan fingerprint density at radius 2 is 1.89 bits per heavy atom. The van der Waals surface area contributed by atoms with Crippen molar-refractivity contribution in [3.05, 3.63) is 29.8 Å². The van der Waals surface area contributed by atoms with Crippen LogP contribution in [0.3, 0.4) is 0 Å². The average Bonchev–Trinajstić information content (AvgIpc) is 2.27. The van der Waals surface area contributed by atoms with Crippen molar-refractivity contribution in [3.63, 3.8) is 0 Å². The van der Waals surface area contributed by atoms with E-state index in [4.69, 9.17) is 9.84 Å². The number of carbonyl (C=O) groups is 1. The molecule has 100 valence electrons. The fourth-order valence-corrected chi connectivity index (χ4v) is 1.16. The molecule has 0 fully saturated rings. The number of hydrogen-bond donors (Lipinski definition) is 2. The zero-order chi connectivity index (χ0) is 13.6. The normalized spacial score (nSPS) is 11.3. The lowest BCUT2D eigenvalue weighted by Gasteiger charge is -2.09. The second kappa shape index (κ2) is 6.25. The SMILES string of the molecule is O=C(O)c1ccc(OCCNCC(F)(F)F)cc1. The fourth-order valence-electron chi connectivity index (χ4n) is 1.16. The summed E-state index contributed by atoms with van der Waals surface area (Å²) in [7, 11) is 0. The predicted molar refractivity (Wildman–Crippen MR) is 57.8 cm³/mol. The van der Waals surface area contributed by atoms with Gasteiger partial charge in [0.2, 0.25) is 0 Å². The summed E-state index contributed by atoms with van der Waals surface area (Å²) in [6, 6.07) is 5.63. The molecule has 0 atom stereocenters. The molecule has 0 spiro atoms. The van der Waals surface area contributed by atoms with Crippen LogP contribution < -0.4 is 10.1 Å². The van der Waals surface area contributed by atoms with Gasteiger partial charge in [-0.1, -0.05) is 0 Å². The van der Waals surface area contributed by atoms with Gasteiger partial charge in [-0.25, -0.2) is 4.79 Å². The van der Waals surface area contributed by atoms with Crippen molar-refractivity contribution in [3.8, 4) is 5.75 Å². The molecule has 0 bridgehead atoms. The first-order chi connectivity index (χ1) is 8.38. The van der Waals surface area contributed by atoms with Gasteiger partial charge in [-0.2, -0.15) is 13.2 Å². The molecule has 4 nitrogen and oxygen atoms in total. The highest BCUT2D eigenvalue weighted by Gasteiger charge is 2.25. The van der Waals surface area contributed by atoms with Crippen molar-refractivity contribution < 1.29 is 27.8 Å². The van der Waals surface area contributed by atoms with Crippen LogP contribution in [0.15, 0.2) is 24.3 Å². The molecule has 2 N–H and O–H groups in total. The van der Waals surface area contributed by atoms with E-state index in [-0.39, 0.29) is 18.7 Å². The smallest absolute Gasteiger partial charge is 0.401 e. The third-order valence-electron chi connectivity index (χ3n) is 1.97. The molecule has 0 radical (unpaired) electrons. The summed E-state index contributed by atoms with van der Waals surface area (Å²) in [6.45, 7) is -0.934. The molecule has 0 heterocycles. The van der Waals surface area contributed by atoms with Gasteiger partial charge in [-0.05, 0) is 24.3 Å². The quantitative estimate of drug-likeness (QED) is 0.770. The highest BCUT2D eigenvalue weighted by molar-refractivity contribution is 5.87. The number of carboxylic acids is 1. The molecule has 18 heavy (non-hydrogen) atoms. The van der Waals surface area contributed by atoms with Gasteiger partial charge in [0.05, 0.1) is 12.1 Å². The molecule has 0 saturated carbocycles. The Morgan fingerprint density at radius 3 is 2.39 bits per heavy atom. The van der Waals surface area contributed by atoms with Crippen LogP contribution in [0, 0.1) is 0 Å². The van der Waals surface area contributed by atoms with Crippen molar-refractivity contribution in [1.82, 2.24) is 5.32 Å². The van der Waals surface area contributed by atoms with Crippen molar-refractivity contribution >= 4 is 5.97 Å². The zero-order valence-electron chi connectivity index (χ0n) is 9.33. The van der Waals surface area contributed by atoms with Crippen LogP contribution in [-0.2, 0) is 0 Å². The van der Waals surface area contributed by atoms with Crippen LogP contribution in [0.4, 0.5) is 13.2 Å². The second-order valence-corrected chi connectivity index (χ2v) is 3.47. The maximum Gasteiger partial charge on any atom is 0.401 e.